The minimum absolute atomic E-state index is 0.0664. The molecule has 1 amide bonds. The maximum atomic E-state index is 13.4. The van der Waals surface area contributed by atoms with E-state index < -0.39 is 35.4 Å². The number of rotatable bonds is 6. The first-order valence-electron chi connectivity index (χ1n) is 9.98. The van der Waals surface area contributed by atoms with Crippen LogP contribution in [0, 0.1) is 6.57 Å². The van der Waals surface area contributed by atoms with Crippen LogP contribution in [0.4, 0.5) is 0 Å². The highest BCUT2D eigenvalue weighted by atomic mass is 32.2. The van der Waals surface area contributed by atoms with E-state index in [0.29, 0.717) is 11.3 Å². The highest BCUT2D eigenvalue weighted by molar-refractivity contribution is 8.00. The third-order valence-corrected chi connectivity index (χ3v) is 6.56. The predicted octanol–water partition coefficient (Wildman–Crippen LogP) is 3.34. The zero-order valence-corrected chi connectivity index (χ0v) is 18.1. The van der Waals surface area contributed by atoms with Gasteiger partial charge in [-0.05, 0) is 11.1 Å². The van der Waals surface area contributed by atoms with Gasteiger partial charge >= 0.3 is 23.9 Å². The lowest BCUT2D eigenvalue weighted by Crippen LogP contribution is -2.63. The van der Waals surface area contributed by atoms with Crippen molar-refractivity contribution in [2.75, 3.05) is 12.4 Å². The number of ether oxygens (including phenoxy) is 2. The largest absolute Gasteiger partial charge is 0.461 e. The van der Waals surface area contributed by atoms with Crippen molar-refractivity contribution in [1.29, 1.82) is 0 Å². The molecule has 8 heteroatoms. The molecule has 2 aromatic rings. The van der Waals surface area contributed by atoms with Crippen LogP contribution in [0.1, 0.15) is 24.2 Å². The average molecular weight is 449 g/mol. The Bertz CT molecular complexity index is 1070. The molecule has 0 aliphatic carbocycles. The van der Waals surface area contributed by atoms with Crippen LogP contribution in [0.2, 0.25) is 0 Å². The summed E-state index contributed by atoms with van der Waals surface area (Å²) in [5.74, 6) is -1.26. The van der Waals surface area contributed by atoms with Crippen LogP contribution in [-0.4, -0.2) is 46.5 Å². The molecule has 0 spiro atoms. The Morgan fingerprint density at radius 1 is 1.12 bits per heavy atom. The van der Waals surface area contributed by atoms with Gasteiger partial charge in [0.05, 0.1) is 0 Å². The van der Waals surface area contributed by atoms with E-state index in [0.717, 1.165) is 11.1 Å². The first-order chi connectivity index (χ1) is 15.5. The van der Waals surface area contributed by atoms with Crippen LogP contribution in [0.5, 0.6) is 0 Å². The zero-order valence-electron chi connectivity index (χ0n) is 17.3. The summed E-state index contributed by atoms with van der Waals surface area (Å²) in [6, 6.07) is 17.8. The quantitative estimate of drug-likeness (QED) is 0.383. The van der Waals surface area contributed by atoms with Crippen molar-refractivity contribution in [3.05, 3.63) is 94.5 Å². The molecule has 0 N–H and O–H groups in total. The molecule has 2 aromatic carbocycles. The Morgan fingerprint density at radius 3 is 2.25 bits per heavy atom. The molecular formula is C24H20N2O5S. The maximum absolute atomic E-state index is 13.4. The number of β-lactam (4-membered cyclic amide) rings is 1. The molecule has 162 valence electrons. The van der Waals surface area contributed by atoms with Gasteiger partial charge in [0.1, 0.15) is 12.3 Å². The molecule has 1 unspecified atom stereocenters. The van der Waals surface area contributed by atoms with Gasteiger partial charge in [-0.1, -0.05) is 60.7 Å². The molecule has 32 heavy (non-hydrogen) atoms. The summed E-state index contributed by atoms with van der Waals surface area (Å²) >= 11 is 1.38. The van der Waals surface area contributed by atoms with Gasteiger partial charge in [-0.3, -0.25) is 19.3 Å². The van der Waals surface area contributed by atoms with Gasteiger partial charge in [0.2, 0.25) is 0 Å². The molecule has 0 radical (unpaired) electrons. The van der Waals surface area contributed by atoms with E-state index >= 15 is 0 Å². The second kappa shape index (κ2) is 9.28. The van der Waals surface area contributed by atoms with E-state index in [2.05, 4.69) is 4.85 Å². The number of hydrogen-bond acceptors (Lipinski definition) is 6. The highest BCUT2D eigenvalue weighted by Gasteiger charge is 2.59. The van der Waals surface area contributed by atoms with E-state index in [1.807, 2.05) is 60.7 Å². The van der Waals surface area contributed by atoms with Gasteiger partial charge < -0.3 is 9.47 Å². The van der Waals surface area contributed by atoms with Crippen molar-refractivity contribution in [2.24, 2.45) is 0 Å². The Labute approximate surface area is 189 Å². The zero-order chi connectivity index (χ0) is 22.7. The van der Waals surface area contributed by atoms with E-state index in [1.165, 1.54) is 23.6 Å². The van der Waals surface area contributed by atoms with Crippen molar-refractivity contribution in [3.63, 3.8) is 0 Å². The topological polar surface area (TPSA) is 77.3 Å². The minimum atomic E-state index is -0.822. The van der Waals surface area contributed by atoms with Gasteiger partial charge in [0.15, 0.2) is 11.5 Å². The van der Waals surface area contributed by atoms with Crippen LogP contribution in [-0.2, 0) is 23.9 Å². The fraction of sp³-hybridized carbons (Fsp3) is 0.250. The summed E-state index contributed by atoms with van der Waals surface area (Å²) < 4.78 is 11.1. The summed E-state index contributed by atoms with van der Waals surface area (Å²) in [5, 5.41) is -0.449. The molecule has 1 saturated heterocycles. The molecule has 0 bridgehead atoms. The van der Waals surface area contributed by atoms with Crippen molar-refractivity contribution in [3.8, 4) is 0 Å². The van der Waals surface area contributed by atoms with Crippen LogP contribution in [0.15, 0.2) is 71.9 Å². The first kappa shape index (κ1) is 21.7. The van der Waals surface area contributed by atoms with E-state index in [9.17, 15) is 14.4 Å². The Hall–Kier alpha value is -3.57. The van der Waals surface area contributed by atoms with Gasteiger partial charge in [0, 0.05) is 18.2 Å². The predicted molar refractivity (Wildman–Crippen MR) is 118 cm³/mol. The lowest BCUT2D eigenvalue weighted by Gasteiger charge is -2.44. The SMILES string of the molecule is [C-]#[N+]C1C(=O)N2C(C(=O)OC(c3ccccc3)c3ccccc3)=C(COC(C)=O)CS[C@H]12. The molecule has 0 saturated carbocycles. The maximum Gasteiger partial charge on any atom is 0.356 e. The van der Waals surface area contributed by atoms with Crippen molar-refractivity contribution < 1.29 is 23.9 Å². The molecule has 2 aliphatic heterocycles. The van der Waals surface area contributed by atoms with Crippen LogP contribution < -0.4 is 0 Å². The normalized spacial score (nSPS) is 19.7. The number of benzene rings is 2. The average Bonchev–Trinajstić information content (AvgIpc) is 2.81. The van der Waals surface area contributed by atoms with Gasteiger partial charge in [0.25, 0.3) is 0 Å². The molecule has 0 aromatic heterocycles. The van der Waals surface area contributed by atoms with E-state index in [-0.39, 0.29) is 12.3 Å². The highest BCUT2D eigenvalue weighted by Crippen LogP contribution is 2.42. The Morgan fingerprint density at radius 2 is 1.72 bits per heavy atom. The third kappa shape index (κ3) is 4.12. The molecular weight excluding hydrogens is 428 g/mol. The van der Waals surface area contributed by atoms with Gasteiger partial charge in [-0.25, -0.2) is 11.4 Å². The Balaban J connectivity index is 1.69. The Kier molecular flexibility index (Phi) is 6.28. The molecule has 2 aliphatic rings. The summed E-state index contributed by atoms with van der Waals surface area (Å²) in [5.41, 5.74) is 2.12. The number of thioether (sulfide) groups is 1. The lowest BCUT2D eigenvalue weighted by molar-refractivity contribution is -0.152. The molecule has 1 fully saturated rings. The van der Waals surface area contributed by atoms with Crippen LogP contribution in [0.25, 0.3) is 4.85 Å². The van der Waals surface area contributed by atoms with Crippen molar-refractivity contribution in [2.45, 2.75) is 24.4 Å². The fourth-order valence-corrected chi connectivity index (χ4v) is 4.99. The molecule has 7 nitrogen and oxygen atoms in total. The fourth-order valence-electron chi connectivity index (χ4n) is 3.68. The lowest BCUT2D eigenvalue weighted by atomic mass is 10.0. The smallest absolute Gasteiger partial charge is 0.356 e. The number of fused-ring (bicyclic) bond motifs is 1. The standard InChI is InChI=1S/C24H20N2O5S/c1-15(27)30-13-18-14-32-23-19(25-2)22(28)26(23)20(18)24(29)31-21(16-9-5-3-6-10-16)17-11-7-4-8-12-17/h3-12,19,21,23H,13-14H2,1H3/t19?,23-/m1/s1. The van der Waals surface area contributed by atoms with Gasteiger partial charge in [-0.15, -0.1) is 11.8 Å². The van der Waals surface area contributed by atoms with Crippen molar-refractivity contribution >= 4 is 29.6 Å². The molecule has 4 rings (SSSR count). The second-order valence-corrected chi connectivity index (χ2v) is 8.43. The van der Waals surface area contributed by atoms with Crippen LogP contribution >= 0.6 is 11.8 Å². The molecule has 2 heterocycles. The first-order valence-corrected chi connectivity index (χ1v) is 11.0. The summed E-state index contributed by atoms with van der Waals surface area (Å²) in [6.45, 7) is 8.44. The number of hydrogen-bond donors (Lipinski definition) is 0. The van der Waals surface area contributed by atoms with Crippen LogP contribution in [0.3, 0.4) is 0 Å². The molecule has 2 atom stereocenters. The number of carbonyl (C=O) groups is 3. The van der Waals surface area contributed by atoms with Gasteiger partial charge in [-0.2, -0.15) is 0 Å². The number of esters is 2. The number of carbonyl (C=O) groups excluding carboxylic acids is 3. The van der Waals surface area contributed by atoms with E-state index in [1.54, 1.807) is 0 Å². The number of nitrogens with zero attached hydrogens (tertiary/aromatic N) is 2. The summed E-state index contributed by atoms with van der Waals surface area (Å²) in [4.78, 5) is 42.1. The van der Waals surface area contributed by atoms with Crippen molar-refractivity contribution in [1.82, 2.24) is 4.90 Å². The summed E-state index contributed by atoms with van der Waals surface area (Å²) in [6.07, 6.45) is -0.687. The van der Waals surface area contributed by atoms with E-state index in [4.69, 9.17) is 16.0 Å². The second-order valence-electron chi connectivity index (χ2n) is 7.32. The monoisotopic (exact) mass is 448 g/mol. The summed E-state index contributed by atoms with van der Waals surface area (Å²) in [7, 11) is 0. The minimum Gasteiger partial charge on any atom is -0.461 e. The third-order valence-electron chi connectivity index (χ3n) is 5.23. The number of amides is 1.